The van der Waals surface area contributed by atoms with Gasteiger partial charge in [-0.05, 0) is 36.8 Å². The molecule has 1 heterocycles. The largest absolute Gasteiger partial charge is 0.477 e. The predicted octanol–water partition coefficient (Wildman–Crippen LogP) is 3.43. The van der Waals surface area contributed by atoms with Gasteiger partial charge in [0, 0.05) is 12.7 Å². The second-order valence-electron chi connectivity index (χ2n) is 4.67. The van der Waals surface area contributed by atoms with Gasteiger partial charge in [0.1, 0.15) is 5.56 Å². The normalized spacial score (nSPS) is 11.1. The zero-order valence-corrected chi connectivity index (χ0v) is 12.4. The van der Waals surface area contributed by atoms with Crippen molar-refractivity contribution >= 4 is 5.91 Å². The molecule has 2 aromatic rings. The predicted molar refractivity (Wildman–Crippen MR) is 78.0 cm³/mol. The van der Waals surface area contributed by atoms with Crippen LogP contribution in [0.15, 0.2) is 42.6 Å². The number of nitrogens with zero attached hydrogens (tertiary/aromatic N) is 1. The minimum Gasteiger partial charge on any atom is -0.477 e. The van der Waals surface area contributed by atoms with Gasteiger partial charge >= 0.3 is 6.18 Å². The molecular weight excluding hydrogens is 309 g/mol. The second-order valence-corrected chi connectivity index (χ2v) is 4.67. The minimum atomic E-state index is -4.37. The number of hydrogen-bond donors (Lipinski definition) is 1. The lowest BCUT2D eigenvalue weighted by atomic mass is 10.1. The van der Waals surface area contributed by atoms with E-state index >= 15 is 0 Å². The lowest BCUT2D eigenvalue weighted by Gasteiger charge is -2.10. The van der Waals surface area contributed by atoms with E-state index in [1.807, 2.05) is 0 Å². The molecule has 122 valence electrons. The summed E-state index contributed by atoms with van der Waals surface area (Å²) in [5, 5.41) is 2.63. The van der Waals surface area contributed by atoms with Gasteiger partial charge in [-0.25, -0.2) is 4.98 Å². The van der Waals surface area contributed by atoms with Crippen LogP contribution in [0.4, 0.5) is 13.2 Å². The first kappa shape index (κ1) is 16.8. The molecule has 1 aromatic heterocycles. The number of halogens is 3. The summed E-state index contributed by atoms with van der Waals surface area (Å²) < 4.78 is 42.7. The summed E-state index contributed by atoms with van der Waals surface area (Å²) in [6.45, 7) is 2.26. The molecule has 1 amide bonds. The van der Waals surface area contributed by atoms with Gasteiger partial charge in [-0.2, -0.15) is 13.2 Å². The van der Waals surface area contributed by atoms with Crippen molar-refractivity contribution in [2.75, 3.05) is 6.61 Å². The minimum absolute atomic E-state index is 0.109. The Bertz CT molecular complexity index is 670. The SMILES string of the molecule is CCOc1ncccc1C(=O)NCc1ccc(C(F)(F)F)cc1. The molecule has 0 saturated carbocycles. The van der Waals surface area contributed by atoms with Crippen molar-refractivity contribution in [1.29, 1.82) is 0 Å². The molecule has 0 unspecified atom stereocenters. The monoisotopic (exact) mass is 324 g/mol. The van der Waals surface area contributed by atoms with Crippen LogP contribution in [0.3, 0.4) is 0 Å². The van der Waals surface area contributed by atoms with Crippen LogP contribution in [0.5, 0.6) is 5.88 Å². The Morgan fingerprint density at radius 1 is 1.22 bits per heavy atom. The van der Waals surface area contributed by atoms with E-state index in [1.165, 1.54) is 18.3 Å². The molecule has 0 spiro atoms. The molecule has 1 aromatic carbocycles. The molecule has 0 atom stereocenters. The zero-order chi connectivity index (χ0) is 16.9. The molecule has 4 nitrogen and oxygen atoms in total. The highest BCUT2D eigenvalue weighted by Crippen LogP contribution is 2.29. The number of pyridine rings is 1. The smallest absolute Gasteiger partial charge is 0.416 e. The number of carbonyl (C=O) groups excluding carboxylic acids is 1. The van der Waals surface area contributed by atoms with E-state index in [4.69, 9.17) is 4.74 Å². The van der Waals surface area contributed by atoms with Gasteiger partial charge < -0.3 is 10.1 Å². The molecule has 0 aliphatic heterocycles. The summed E-state index contributed by atoms with van der Waals surface area (Å²) in [6, 6.07) is 7.80. The Morgan fingerprint density at radius 3 is 2.52 bits per heavy atom. The number of hydrogen-bond acceptors (Lipinski definition) is 3. The molecule has 0 aliphatic carbocycles. The van der Waals surface area contributed by atoms with Gasteiger partial charge in [-0.15, -0.1) is 0 Å². The van der Waals surface area contributed by atoms with Crippen molar-refractivity contribution in [1.82, 2.24) is 10.3 Å². The third kappa shape index (κ3) is 4.45. The Balaban J connectivity index is 2.02. The summed E-state index contributed by atoms with van der Waals surface area (Å²) >= 11 is 0. The van der Waals surface area contributed by atoms with E-state index in [2.05, 4.69) is 10.3 Å². The average Bonchev–Trinajstić information content (AvgIpc) is 2.53. The Kier molecular flexibility index (Phi) is 5.20. The van der Waals surface area contributed by atoms with Crippen LogP contribution >= 0.6 is 0 Å². The van der Waals surface area contributed by atoms with Gasteiger partial charge in [0.2, 0.25) is 5.88 Å². The Labute approximate surface area is 131 Å². The number of amides is 1. The third-order valence-electron chi connectivity index (χ3n) is 3.03. The topological polar surface area (TPSA) is 51.2 Å². The van der Waals surface area contributed by atoms with Gasteiger partial charge in [0.15, 0.2) is 0 Å². The maximum absolute atomic E-state index is 12.5. The number of alkyl halides is 3. The van der Waals surface area contributed by atoms with Crippen LogP contribution in [0, 0.1) is 0 Å². The fraction of sp³-hybridized carbons (Fsp3) is 0.250. The number of carbonyl (C=O) groups is 1. The molecule has 0 aliphatic rings. The van der Waals surface area contributed by atoms with Crippen LogP contribution in [-0.2, 0) is 12.7 Å². The summed E-state index contributed by atoms with van der Waals surface area (Å²) in [5.74, 6) is -0.179. The highest BCUT2D eigenvalue weighted by molar-refractivity contribution is 5.96. The third-order valence-corrected chi connectivity index (χ3v) is 3.03. The van der Waals surface area contributed by atoms with E-state index in [-0.39, 0.29) is 18.0 Å². The number of aromatic nitrogens is 1. The fourth-order valence-corrected chi connectivity index (χ4v) is 1.90. The van der Waals surface area contributed by atoms with Gasteiger partial charge in [0.05, 0.1) is 12.2 Å². The Hall–Kier alpha value is -2.57. The van der Waals surface area contributed by atoms with E-state index in [9.17, 15) is 18.0 Å². The molecule has 1 N–H and O–H groups in total. The van der Waals surface area contributed by atoms with E-state index in [0.29, 0.717) is 12.2 Å². The van der Waals surface area contributed by atoms with Crippen LogP contribution < -0.4 is 10.1 Å². The fourth-order valence-electron chi connectivity index (χ4n) is 1.90. The van der Waals surface area contributed by atoms with E-state index in [1.54, 1.807) is 19.1 Å². The van der Waals surface area contributed by atoms with Gasteiger partial charge in [0.25, 0.3) is 5.91 Å². The quantitative estimate of drug-likeness (QED) is 0.917. The Morgan fingerprint density at radius 2 is 1.91 bits per heavy atom. The summed E-state index contributed by atoms with van der Waals surface area (Å²) in [6.07, 6.45) is -2.86. The number of nitrogens with one attached hydrogen (secondary N) is 1. The van der Waals surface area contributed by atoms with Crippen molar-refractivity contribution in [3.05, 3.63) is 59.3 Å². The molecule has 2 rings (SSSR count). The summed E-state index contributed by atoms with van der Waals surface area (Å²) in [5.41, 5.74) is 0.118. The highest BCUT2D eigenvalue weighted by Gasteiger charge is 2.29. The first-order valence-corrected chi connectivity index (χ1v) is 6.94. The van der Waals surface area contributed by atoms with E-state index in [0.717, 1.165) is 12.1 Å². The van der Waals surface area contributed by atoms with Crippen LogP contribution in [-0.4, -0.2) is 17.5 Å². The van der Waals surface area contributed by atoms with E-state index < -0.39 is 17.6 Å². The van der Waals surface area contributed by atoms with Crippen molar-refractivity contribution in [2.45, 2.75) is 19.6 Å². The second kappa shape index (κ2) is 7.13. The number of ether oxygens (including phenoxy) is 1. The van der Waals surface area contributed by atoms with Gasteiger partial charge in [-0.1, -0.05) is 12.1 Å². The first-order valence-electron chi connectivity index (χ1n) is 6.94. The molecule has 0 radical (unpaired) electrons. The number of rotatable bonds is 5. The molecule has 0 fully saturated rings. The molecular formula is C16H15F3N2O2. The molecule has 0 saturated heterocycles. The standard InChI is InChI=1S/C16H15F3N2O2/c1-2-23-15-13(4-3-9-20-15)14(22)21-10-11-5-7-12(8-6-11)16(17,18)19/h3-9H,2,10H2,1H3,(H,21,22). The lowest BCUT2D eigenvalue weighted by Crippen LogP contribution is -2.23. The van der Waals surface area contributed by atoms with Crippen LogP contribution in [0.1, 0.15) is 28.4 Å². The summed E-state index contributed by atoms with van der Waals surface area (Å²) in [4.78, 5) is 16.1. The van der Waals surface area contributed by atoms with Gasteiger partial charge in [-0.3, -0.25) is 4.79 Å². The first-order chi connectivity index (χ1) is 10.9. The molecule has 7 heteroatoms. The van der Waals surface area contributed by atoms with Crippen molar-refractivity contribution in [3.63, 3.8) is 0 Å². The van der Waals surface area contributed by atoms with Crippen LogP contribution in [0.2, 0.25) is 0 Å². The maximum Gasteiger partial charge on any atom is 0.416 e. The number of benzene rings is 1. The average molecular weight is 324 g/mol. The maximum atomic E-state index is 12.5. The lowest BCUT2D eigenvalue weighted by molar-refractivity contribution is -0.137. The molecule has 0 bridgehead atoms. The molecule has 23 heavy (non-hydrogen) atoms. The van der Waals surface area contributed by atoms with Crippen molar-refractivity contribution < 1.29 is 22.7 Å². The highest BCUT2D eigenvalue weighted by atomic mass is 19.4. The van der Waals surface area contributed by atoms with Crippen molar-refractivity contribution in [3.8, 4) is 5.88 Å². The zero-order valence-electron chi connectivity index (χ0n) is 12.4. The summed E-state index contributed by atoms with van der Waals surface area (Å²) in [7, 11) is 0. The van der Waals surface area contributed by atoms with Crippen LogP contribution in [0.25, 0.3) is 0 Å². The van der Waals surface area contributed by atoms with Crippen molar-refractivity contribution in [2.24, 2.45) is 0 Å².